The van der Waals surface area contributed by atoms with Crippen LogP contribution in [0.25, 0.3) is 0 Å². The lowest BCUT2D eigenvalue weighted by atomic mass is 9.97. The summed E-state index contributed by atoms with van der Waals surface area (Å²) in [4.78, 5) is 17.5. The summed E-state index contributed by atoms with van der Waals surface area (Å²) in [7, 11) is 1.39. The lowest BCUT2D eigenvalue weighted by Crippen LogP contribution is -2.47. The van der Waals surface area contributed by atoms with Gasteiger partial charge in [-0.3, -0.25) is 10.3 Å². The number of nitrogens with zero attached hydrogens (tertiary/aromatic N) is 1. The largest absolute Gasteiger partial charge is 0.467 e. The fraction of sp³-hybridized carbons (Fsp3) is 0.286. The number of carbonyl (C=O) groups excluding carboxylic acids is 1. The predicted octanol–water partition coefficient (Wildman–Crippen LogP) is 2.32. The number of ether oxygens (including phenoxy) is 1. The van der Waals surface area contributed by atoms with Crippen molar-refractivity contribution in [1.82, 2.24) is 10.3 Å². The van der Waals surface area contributed by atoms with E-state index in [1.165, 1.54) is 7.11 Å². The molecule has 100 valence electrons. The van der Waals surface area contributed by atoms with Crippen LogP contribution in [0.1, 0.15) is 17.5 Å². The molecule has 1 N–H and O–H groups in total. The summed E-state index contributed by atoms with van der Waals surface area (Å²) in [6.45, 7) is 2.38. The molecule has 0 fully saturated rings. The van der Waals surface area contributed by atoms with Crippen LogP contribution in [0.4, 0.5) is 0 Å². The number of aromatic nitrogens is 1. The fourth-order valence-electron chi connectivity index (χ4n) is 1.81. The van der Waals surface area contributed by atoms with Gasteiger partial charge in [0.05, 0.1) is 12.8 Å². The Balaban J connectivity index is 2.22. The number of nitrogens with one attached hydrogen (secondary N) is 1. The van der Waals surface area contributed by atoms with Gasteiger partial charge in [0.2, 0.25) is 0 Å². The molecule has 0 radical (unpaired) electrons. The van der Waals surface area contributed by atoms with Crippen LogP contribution >= 0.6 is 11.3 Å². The van der Waals surface area contributed by atoms with E-state index < -0.39 is 5.54 Å². The van der Waals surface area contributed by atoms with Crippen LogP contribution < -0.4 is 5.32 Å². The summed E-state index contributed by atoms with van der Waals surface area (Å²) < 4.78 is 4.90. The van der Waals surface area contributed by atoms with Gasteiger partial charge < -0.3 is 4.74 Å². The molecule has 2 rings (SSSR count). The molecule has 0 saturated carbocycles. The quantitative estimate of drug-likeness (QED) is 0.852. The van der Waals surface area contributed by atoms with Crippen molar-refractivity contribution in [1.29, 1.82) is 0 Å². The Hall–Kier alpha value is -1.72. The minimum atomic E-state index is -0.944. The van der Waals surface area contributed by atoms with Crippen molar-refractivity contribution in [2.24, 2.45) is 0 Å². The molecule has 2 heterocycles. The summed E-state index contributed by atoms with van der Waals surface area (Å²) in [5, 5.41) is 5.25. The Kier molecular flexibility index (Phi) is 4.29. The van der Waals surface area contributed by atoms with Crippen molar-refractivity contribution in [3.63, 3.8) is 0 Å². The van der Waals surface area contributed by atoms with Gasteiger partial charge >= 0.3 is 5.97 Å². The van der Waals surface area contributed by atoms with E-state index in [0.29, 0.717) is 12.2 Å². The average Bonchev–Trinajstić information content (AvgIpc) is 2.98. The first-order chi connectivity index (χ1) is 9.16. The van der Waals surface area contributed by atoms with Crippen molar-refractivity contribution < 1.29 is 9.53 Å². The van der Waals surface area contributed by atoms with E-state index in [9.17, 15) is 4.79 Å². The third kappa shape index (κ3) is 3.00. The summed E-state index contributed by atoms with van der Waals surface area (Å²) in [6, 6.07) is 9.50. The van der Waals surface area contributed by atoms with Gasteiger partial charge in [-0.05, 0) is 30.5 Å². The van der Waals surface area contributed by atoms with E-state index in [1.807, 2.05) is 35.7 Å². The van der Waals surface area contributed by atoms with Crippen molar-refractivity contribution in [3.05, 3.63) is 52.5 Å². The van der Waals surface area contributed by atoms with E-state index in [-0.39, 0.29) is 5.97 Å². The molecule has 2 aromatic heterocycles. The van der Waals surface area contributed by atoms with Gasteiger partial charge in [-0.1, -0.05) is 12.1 Å². The van der Waals surface area contributed by atoms with Crippen molar-refractivity contribution >= 4 is 17.3 Å². The second kappa shape index (κ2) is 5.95. The fourth-order valence-corrected chi connectivity index (χ4v) is 2.45. The molecule has 0 aliphatic rings. The molecule has 1 atom stereocenters. The molecule has 1 unspecified atom stereocenters. The van der Waals surface area contributed by atoms with Crippen LogP contribution in [0, 0.1) is 0 Å². The molecule has 0 bridgehead atoms. The molecule has 0 saturated heterocycles. The highest BCUT2D eigenvalue weighted by Crippen LogP contribution is 2.21. The maximum atomic E-state index is 12.1. The first-order valence-corrected chi connectivity index (χ1v) is 6.82. The number of thiophene rings is 1. The zero-order valence-electron chi connectivity index (χ0n) is 10.9. The van der Waals surface area contributed by atoms with Crippen LogP contribution in [0.15, 0.2) is 41.9 Å². The Labute approximate surface area is 116 Å². The molecule has 5 heteroatoms. The van der Waals surface area contributed by atoms with E-state index in [4.69, 9.17) is 4.74 Å². The molecular weight excluding hydrogens is 260 g/mol. The number of esters is 1. The van der Waals surface area contributed by atoms with E-state index in [2.05, 4.69) is 10.3 Å². The summed E-state index contributed by atoms with van der Waals surface area (Å²) in [5.74, 6) is -0.345. The van der Waals surface area contributed by atoms with Gasteiger partial charge in [0.15, 0.2) is 5.54 Å². The van der Waals surface area contributed by atoms with Crippen LogP contribution in [-0.4, -0.2) is 18.1 Å². The number of hydrogen-bond donors (Lipinski definition) is 1. The zero-order chi connectivity index (χ0) is 13.7. The van der Waals surface area contributed by atoms with E-state index in [0.717, 1.165) is 4.88 Å². The van der Waals surface area contributed by atoms with Gasteiger partial charge in [0.25, 0.3) is 0 Å². The van der Waals surface area contributed by atoms with Crippen LogP contribution in [0.5, 0.6) is 0 Å². The van der Waals surface area contributed by atoms with Gasteiger partial charge in [-0.15, -0.1) is 11.3 Å². The molecule has 0 aliphatic heterocycles. The number of hydrogen-bond acceptors (Lipinski definition) is 5. The SMILES string of the molecule is COC(=O)C(C)(NCc1cccs1)c1ccccn1. The van der Waals surface area contributed by atoms with Crippen molar-refractivity contribution in [3.8, 4) is 0 Å². The van der Waals surface area contributed by atoms with Crippen LogP contribution in [-0.2, 0) is 21.6 Å². The molecule has 0 amide bonds. The molecule has 2 aromatic rings. The Morgan fingerprint density at radius 3 is 2.84 bits per heavy atom. The molecule has 0 aromatic carbocycles. The topological polar surface area (TPSA) is 51.2 Å². The third-order valence-corrected chi connectivity index (χ3v) is 3.84. The maximum absolute atomic E-state index is 12.1. The first kappa shape index (κ1) is 13.7. The highest BCUT2D eigenvalue weighted by molar-refractivity contribution is 7.09. The summed E-state index contributed by atoms with van der Waals surface area (Å²) >= 11 is 1.64. The van der Waals surface area contributed by atoms with E-state index >= 15 is 0 Å². The van der Waals surface area contributed by atoms with Crippen molar-refractivity contribution in [2.75, 3.05) is 7.11 Å². The molecule has 4 nitrogen and oxygen atoms in total. The number of rotatable bonds is 5. The second-order valence-electron chi connectivity index (χ2n) is 4.26. The Morgan fingerprint density at radius 2 is 2.26 bits per heavy atom. The molecule has 0 aliphatic carbocycles. The smallest absolute Gasteiger partial charge is 0.332 e. The number of carbonyl (C=O) groups is 1. The zero-order valence-corrected chi connectivity index (χ0v) is 11.7. The van der Waals surface area contributed by atoms with Crippen LogP contribution in [0.3, 0.4) is 0 Å². The normalized spacial score (nSPS) is 13.8. The average molecular weight is 276 g/mol. The minimum absolute atomic E-state index is 0.345. The standard InChI is InChI=1S/C14H16N2O2S/c1-14(13(17)18-2,12-7-3-4-8-15-12)16-10-11-6-5-9-19-11/h3-9,16H,10H2,1-2H3. The van der Waals surface area contributed by atoms with Crippen molar-refractivity contribution in [2.45, 2.75) is 19.0 Å². The summed E-state index contributed by atoms with van der Waals surface area (Å²) in [5.41, 5.74) is -0.293. The molecule has 0 spiro atoms. The molecule has 19 heavy (non-hydrogen) atoms. The lowest BCUT2D eigenvalue weighted by molar-refractivity contribution is -0.148. The maximum Gasteiger partial charge on any atom is 0.332 e. The van der Waals surface area contributed by atoms with Gasteiger partial charge in [0.1, 0.15) is 0 Å². The van der Waals surface area contributed by atoms with Crippen LogP contribution in [0.2, 0.25) is 0 Å². The lowest BCUT2D eigenvalue weighted by Gasteiger charge is -2.27. The Morgan fingerprint density at radius 1 is 1.42 bits per heavy atom. The number of methoxy groups -OCH3 is 1. The van der Waals surface area contributed by atoms with Gasteiger partial charge in [-0.2, -0.15) is 0 Å². The molecular formula is C14H16N2O2S. The van der Waals surface area contributed by atoms with Gasteiger partial charge in [-0.25, -0.2) is 4.79 Å². The monoisotopic (exact) mass is 276 g/mol. The third-order valence-electron chi connectivity index (χ3n) is 2.97. The van der Waals surface area contributed by atoms with E-state index in [1.54, 1.807) is 24.5 Å². The highest BCUT2D eigenvalue weighted by Gasteiger charge is 2.37. The highest BCUT2D eigenvalue weighted by atomic mass is 32.1. The summed E-state index contributed by atoms with van der Waals surface area (Å²) in [6.07, 6.45) is 1.67. The minimum Gasteiger partial charge on any atom is -0.467 e. The Bertz CT molecular complexity index is 528. The van der Waals surface area contributed by atoms with Gasteiger partial charge in [0, 0.05) is 17.6 Å². The number of pyridine rings is 1. The first-order valence-electron chi connectivity index (χ1n) is 5.94. The predicted molar refractivity (Wildman–Crippen MR) is 74.8 cm³/mol. The second-order valence-corrected chi connectivity index (χ2v) is 5.30.